The third kappa shape index (κ3) is 3.51. The predicted octanol–water partition coefficient (Wildman–Crippen LogP) is 4.05. The van der Waals surface area contributed by atoms with Crippen LogP contribution in [-0.4, -0.2) is 37.3 Å². The van der Waals surface area contributed by atoms with Gasteiger partial charge in [-0.1, -0.05) is 29.5 Å². The monoisotopic (exact) mass is 407 g/mol. The summed E-state index contributed by atoms with van der Waals surface area (Å²) in [6.45, 7) is 1.12. The number of carbonyl (C=O) groups excluding carboxylic acids is 1. The second-order valence-electron chi connectivity index (χ2n) is 7.10. The van der Waals surface area contributed by atoms with Crippen LogP contribution in [0, 0.1) is 5.82 Å². The number of para-hydroxylation sites is 1. The number of carbonyl (C=O) groups is 1. The zero-order chi connectivity index (χ0) is 19.8. The second kappa shape index (κ2) is 7.36. The molecule has 0 N–H and O–H groups in total. The molecule has 2 aromatic heterocycles. The fourth-order valence-corrected chi connectivity index (χ4v) is 4.81. The maximum Gasteiger partial charge on any atom is 0.276 e. The van der Waals surface area contributed by atoms with Crippen LogP contribution in [0.4, 0.5) is 4.39 Å². The first-order valence-electron chi connectivity index (χ1n) is 9.48. The zero-order valence-corrected chi connectivity index (χ0v) is 16.3. The molecule has 1 amide bonds. The molecule has 2 aromatic carbocycles. The van der Waals surface area contributed by atoms with Crippen LogP contribution in [-0.2, 0) is 6.54 Å². The summed E-state index contributed by atoms with van der Waals surface area (Å²) in [4.78, 5) is 19.7. The summed E-state index contributed by atoms with van der Waals surface area (Å²) >= 11 is 1.64. The minimum Gasteiger partial charge on any atom is -0.328 e. The average Bonchev–Trinajstić information content (AvgIpc) is 3.48. The summed E-state index contributed by atoms with van der Waals surface area (Å²) in [6, 6.07) is 14.2. The Kier molecular flexibility index (Phi) is 4.55. The van der Waals surface area contributed by atoms with Gasteiger partial charge in [0.25, 0.3) is 5.91 Å². The van der Waals surface area contributed by atoms with Crippen molar-refractivity contribution in [1.82, 2.24) is 24.9 Å². The molecular formula is C21H18FN5OS. The standard InChI is InChI=1S/C21H18FN5OS/c22-15-9-7-14(8-10-15)12-26-13-17(24-25-26)21(28)27-11-3-5-18(27)20-23-16-4-1-2-6-19(16)29-20/h1-2,4,6-10,13,18H,3,5,11-12H2/t18-/m1/s1. The summed E-state index contributed by atoms with van der Waals surface area (Å²) < 4.78 is 15.8. The molecule has 8 heteroatoms. The first-order valence-corrected chi connectivity index (χ1v) is 10.3. The zero-order valence-electron chi connectivity index (χ0n) is 15.5. The Morgan fingerprint density at radius 1 is 1.17 bits per heavy atom. The van der Waals surface area contributed by atoms with Crippen LogP contribution in [0.5, 0.6) is 0 Å². The van der Waals surface area contributed by atoms with Crippen LogP contribution in [0.2, 0.25) is 0 Å². The Bertz CT molecular complexity index is 1140. The minimum atomic E-state index is -0.280. The van der Waals surface area contributed by atoms with E-state index in [1.54, 1.807) is 34.3 Å². The topological polar surface area (TPSA) is 63.9 Å². The summed E-state index contributed by atoms with van der Waals surface area (Å²) in [6.07, 6.45) is 3.49. The maximum absolute atomic E-state index is 13.1. The van der Waals surface area contributed by atoms with Crippen molar-refractivity contribution < 1.29 is 9.18 Å². The molecule has 0 unspecified atom stereocenters. The van der Waals surface area contributed by atoms with Crippen LogP contribution in [0.15, 0.2) is 54.7 Å². The molecule has 1 saturated heterocycles. The van der Waals surface area contributed by atoms with Crippen molar-refractivity contribution in [3.63, 3.8) is 0 Å². The summed E-state index contributed by atoms with van der Waals surface area (Å²) in [5.74, 6) is -0.407. The number of halogens is 1. The van der Waals surface area contributed by atoms with E-state index in [0.717, 1.165) is 33.6 Å². The molecule has 1 fully saturated rings. The van der Waals surface area contributed by atoms with Crippen molar-refractivity contribution in [3.8, 4) is 0 Å². The van der Waals surface area contributed by atoms with Crippen molar-refractivity contribution in [2.45, 2.75) is 25.4 Å². The van der Waals surface area contributed by atoms with Crippen molar-refractivity contribution in [3.05, 3.63) is 76.8 Å². The molecule has 3 heterocycles. The number of nitrogens with zero attached hydrogens (tertiary/aromatic N) is 5. The number of hydrogen-bond acceptors (Lipinski definition) is 5. The normalized spacial score (nSPS) is 16.6. The Balaban J connectivity index is 1.35. The van der Waals surface area contributed by atoms with E-state index in [0.29, 0.717) is 18.8 Å². The molecule has 0 bridgehead atoms. The molecule has 1 atom stereocenters. The highest BCUT2D eigenvalue weighted by Crippen LogP contribution is 2.37. The van der Waals surface area contributed by atoms with Gasteiger partial charge in [-0.05, 0) is 42.7 Å². The molecular weight excluding hydrogens is 389 g/mol. The lowest BCUT2D eigenvalue weighted by Gasteiger charge is -2.21. The fraction of sp³-hybridized carbons (Fsp3) is 0.238. The average molecular weight is 407 g/mol. The lowest BCUT2D eigenvalue weighted by atomic mass is 10.2. The Morgan fingerprint density at radius 3 is 2.83 bits per heavy atom. The molecule has 5 rings (SSSR count). The van der Waals surface area contributed by atoms with Crippen molar-refractivity contribution in [1.29, 1.82) is 0 Å². The number of rotatable bonds is 4. The Morgan fingerprint density at radius 2 is 2.00 bits per heavy atom. The predicted molar refractivity (Wildman–Crippen MR) is 108 cm³/mol. The maximum atomic E-state index is 13.1. The van der Waals surface area contributed by atoms with E-state index < -0.39 is 0 Å². The van der Waals surface area contributed by atoms with Crippen molar-refractivity contribution in [2.75, 3.05) is 6.54 Å². The van der Waals surface area contributed by atoms with E-state index in [4.69, 9.17) is 4.98 Å². The third-order valence-electron chi connectivity index (χ3n) is 5.12. The number of benzene rings is 2. The van der Waals surface area contributed by atoms with Gasteiger partial charge in [0.2, 0.25) is 0 Å². The van der Waals surface area contributed by atoms with E-state index in [2.05, 4.69) is 16.4 Å². The summed E-state index contributed by atoms with van der Waals surface area (Å²) in [5, 5.41) is 9.12. The Hall–Kier alpha value is -3.13. The van der Waals surface area contributed by atoms with Crippen LogP contribution in [0.1, 0.15) is 39.9 Å². The van der Waals surface area contributed by atoms with E-state index in [1.165, 1.54) is 12.1 Å². The van der Waals surface area contributed by atoms with Gasteiger partial charge in [-0.3, -0.25) is 4.79 Å². The molecule has 0 spiro atoms. The lowest BCUT2D eigenvalue weighted by molar-refractivity contribution is 0.0729. The highest BCUT2D eigenvalue weighted by Gasteiger charge is 2.34. The molecule has 0 radical (unpaired) electrons. The molecule has 4 aromatic rings. The van der Waals surface area contributed by atoms with Gasteiger partial charge < -0.3 is 4.90 Å². The van der Waals surface area contributed by atoms with Gasteiger partial charge in [0.05, 0.1) is 29.0 Å². The third-order valence-corrected chi connectivity index (χ3v) is 6.26. The molecule has 1 aliphatic heterocycles. The van der Waals surface area contributed by atoms with Gasteiger partial charge in [-0.2, -0.15) is 0 Å². The quantitative estimate of drug-likeness (QED) is 0.512. The number of thiazole rings is 1. The largest absolute Gasteiger partial charge is 0.328 e. The summed E-state index contributed by atoms with van der Waals surface area (Å²) in [7, 11) is 0. The van der Waals surface area contributed by atoms with Crippen molar-refractivity contribution >= 4 is 27.5 Å². The number of likely N-dealkylation sites (tertiary alicyclic amines) is 1. The number of hydrogen-bond donors (Lipinski definition) is 0. The van der Waals surface area contributed by atoms with E-state index in [9.17, 15) is 9.18 Å². The smallest absolute Gasteiger partial charge is 0.276 e. The molecule has 6 nitrogen and oxygen atoms in total. The molecule has 29 heavy (non-hydrogen) atoms. The number of amides is 1. The van der Waals surface area contributed by atoms with Gasteiger partial charge >= 0.3 is 0 Å². The SMILES string of the molecule is O=C(c1cn(Cc2ccc(F)cc2)nn1)N1CCC[C@@H]1c1nc2ccccc2s1. The molecule has 0 saturated carbocycles. The highest BCUT2D eigenvalue weighted by molar-refractivity contribution is 7.18. The number of fused-ring (bicyclic) bond motifs is 1. The van der Waals surface area contributed by atoms with Gasteiger partial charge in [0.15, 0.2) is 5.69 Å². The van der Waals surface area contributed by atoms with Gasteiger partial charge in [0.1, 0.15) is 10.8 Å². The van der Waals surface area contributed by atoms with Gasteiger partial charge in [0, 0.05) is 6.54 Å². The lowest BCUT2D eigenvalue weighted by Crippen LogP contribution is -2.30. The van der Waals surface area contributed by atoms with E-state index in [1.807, 2.05) is 23.1 Å². The Labute approximate surface area is 170 Å². The first kappa shape index (κ1) is 17.9. The molecule has 146 valence electrons. The fourth-order valence-electron chi connectivity index (χ4n) is 3.70. The van der Waals surface area contributed by atoms with Crippen LogP contribution in [0.3, 0.4) is 0 Å². The van der Waals surface area contributed by atoms with Gasteiger partial charge in [-0.25, -0.2) is 14.1 Å². The first-order chi connectivity index (χ1) is 14.2. The van der Waals surface area contributed by atoms with Crippen LogP contribution >= 0.6 is 11.3 Å². The minimum absolute atomic E-state index is 0.0258. The molecule has 1 aliphatic rings. The number of aromatic nitrogens is 4. The van der Waals surface area contributed by atoms with Crippen LogP contribution in [0.25, 0.3) is 10.2 Å². The highest BCUT2D eigenvalue weighted by atomic mass is 32.1. The van der Waals surface area contributed by atoms with Crippen molar-refractivity contribution in [2.24, 2.45) is 0 Å². The van der Waals surface area contributed by atoms with Crippen LogP contribution < -0.4 is 0 Å². The van der Waals surface area contributed by atoms with E-state index in [-0.39, 0.29) is 17.8 Å². The summed E-state index contributed by atoms with van der Waals surface area (Å²) in [5.41, 5.74) is 2.18. The van der Waals surface area contributed by atoms with Gasteiger partial charge in [-0.15, -0.1) is 16.4 Å². The van der Waals surface area contributed by atoms with E-state index >= 15 is 0 Å². The molecule has 0 aliphatic carbocycles. The second-order valence-corrected chi connectivity index (χ2v) is 8.17.